The fourth-order valence-electron chi connectivity index (χ4n) is 3.32. The van der Waals surface area contributed by atoms with Gasteiger partial charge in [-0.15, -0.1) is 0 Å². The van der Waals surface area contributed by atoms with Crippen LogP contribution in [-0.4, -0.2) is 19.9 Å². The Bertz CT molecular complexity index is 801. The van der Waals surface area contributed by atoms with E-state index in [0.29, 0.717) is 11.4 Å². The molecule has 3 aromatic rings. The van der Waals surface area contributed by atoms with Gasteiger partial charge in [-0.05, 0) is 35.2 Å². The molecule has 5 heteroatoms. The fourth-order valence-corrected chi connectivity index (χ4v) is 3.45. The van der Waals surface area contributed by atoms with Crippen LogP contribution in [0, 0.1) is 0 Å². The number of nitrogens with zero attached hydrogens (tertiary/aromatic N) is 3. The maximum Gasteiger partial charge on any atom is 0.138 e. The molecular formula is C17H14ClN3O. The molecule has 0 aliphatic heterocycles. The average Bonchev–Trinajstić information content (AvgIpc) is 3.15. The number of hydrogen-bond acceptors (Lipinski definition) is 3. The third kappa shape index (κ3) is 1.88. The zero-order valence-corrected chi connectivity index (χ0v) is 12.5. The van der Waals surface area contributed by atoms with Gasteiger partial charge in [-0.3, -0.25) is 0 Å². The Morgan fingerprint density at radius 3 is 2.64 bits per heavy atom. The first kappa shape index (κ1) is 13.5. The average molecular weight is 312 g/mol. The van der Waals surface area contributed by atoms with Gasteiger partial charge in [0.05, 0.1) is 6.04 Å². The summed E-state index contributed by atoms with van der Waals surface area (Å²) in [5, 5.41) is 16.5. The van der Waals surface area contributed by atoms with E-state index in [4.69, 9.17) is 11.6 Å². The molecule has 0 amide bonds. The zero-order chi connectivity index (χ0) is 15.2. The first-order valence-electron chi connectivity index (χ1n) is 7.10. The number of fused-ring (bicyclic) bond motifs is 1. The lowest BCUT2D eigenvalue weighted by Crippen LogP contribution is -2.35. The normalized spacial score (nSPS) is 23.5. The van der Waals surface area contributed by atoms with Crippen LogP contribution in [0.4, 0.5) is 0 Å². The van der Waals surface area contributed by atoms with Crippen LogP contribution in [0.3, 0.4) is 0 Å². The smallest absolute Gasteiger partial charge is 0.138 e. The van der Waals surface area contributed by atoms with Gasteiger partial charge < -0.3 is 5.11 Å². The molecular weight excluding hydrogens is 298 g/mol. The van der Waals surface area contributed by atoms with Gasteiger partial charge in [0.1, 0.15) is 18.3 Å². The van der Waals surface area contributed by atoms with E-state index in [0.717, 1.165) is 16.7 Å². The summed E-state index contributed by atoms with van der Waals surface area (Å²) in [6.07, 6.45) is 3.85. The molecule has 110 valence electrons. The van der Waals surface area contributed by atoms with Crippen molar-refractivity contribution in [2.45, 2.75) is 18.1 Å². The van der Waals surface area contributed by atoms with Gasteiger partial charge >= 0.3 is 0 Å². The van der Waals surface area contributed by atoms with Crippen molar-refractivity contribution in [2.24, 2.45) is 0 Å². The number of aromatic nitrogens is 3. The predicted molar refractivity (Wildman–Crippen MR) is 83.7 cm³/mol. The first-order chi connectivity index (χ1) is 10.7. The highest BCUT2D eigenvalue weighted by atomic mass is 35.5. The summed E-state index contributed by atoms with van der Waals surface area (Å²) in [5.74, 6) is 0. The van der Waals surface area contributed by atoms with Crippen LogP contribution >= 0.6 is 11.6 Å². The standard InChI is InChI=1S/C17H14ClN3O/c18-14-7-5-13(6-8-14)17(22)15-4-2-1-3-12(15)9-16(17)21-11-19-10-20-21/h1-8,10-11,16,22H,9H2. The minimum atomic E-state index is -1.14. The molecule has 4 rings (SSSR count). The molecule has 2 unspecified atom stereocenters. The molecule has 1 aromatic heterocycles. The van der Waals surface area contributed by atoms with E-state index in [1.54, 1.807) is 23.1 Å². The van der Waals surface area contributed by atoms with Crippen molar-refractivity contribution in [2.75, 3.05) is 0 Å². The third-order valence-electron chi connectivity index (χ3n) is 4.36. The summed E-state index contributed by atoms with van der Waals surface area (Å²) in [4.78, 5) is 4.02. The Balaban J connectivity index is 1.93. The maximum absolute atomic E-state index is 11.6. The van der Waals surface area contributed by atoms with Gasteiger partial charge in [0.15, 0.2) is 0 Å². The van der Waals surface area contributed by atoms with Crippen LogP contribution in [0.15, 0.2) is 61.2 Å². The summed E-state index contributed by atoms with van der Waals surface area (Å²) in [5.41, 5.74) is 1.70. The number of aliphatic hydroxyl groups is 1. The van der Waals surface area contributed by atoms with Crippen molar-refractivity contribution in [3.63, 3.8) is 0 Å². The van der Waals surface area contributed by atoms with E-state index in [1.165, 1.54) is 6.33 Å². The lowest BCUT2D eigenvalue weighted by Gasteiger charge is -2.31. The van der Waals surface area contributed by atoms with E-state index in [2.05, 4.69) is 10.1 Å². The molecule has 0 saturated heterocycles. The number of rotatable bonds is 2. The third-order valence-corrected chi connectivity index (χ3v) is 4.62. The van der Waals surface area contributed by atoms with Crippen LogP contribution in [0.1, 0.15) is 22.7 Å². The van der Waals surface area contributed by atoms with Crippen LogP contribution in [0.5, 0.6) is 0 Å². The largest absolute Gasteiger partial charge is 0.378 e. The van der Waals surface area contributed by atoms with Gasteiger partial charge in [-0.1, -0.05) is 48.0 Å². The highest BCUT2D eigenvalue weighted by Crippen LogP contribution is 2.48. The van der Waals surface area contributed by atoms with Crippen molar-refractivity contribution >= 4 is 11.6 Å². The predicted octanol–water partition coefficient (Wildman–Crippen LogP) is 2.96. The van der Waals surface area contributed by atoms with E-state index in [9.17, 15) is 5.11 Å². The second-order valence-electron chi connectivity index (χ2n) is 5.53. The molecule has 4 nitrogen and oxygen atoms in total. The molecule has 1 heterocycles. The Labute approximate surface area is 133 Å². The minimum Gasteiger partial charge on any atom is -0.378 e. The molecule has 2 aromatic carbocycles. The summed E-state index contributed by atoms with van der Waals surface area (Å²) in [6.45, 7) is 0. The van der Waals surface area contributed by atoms with E-state index in [1.807, 2.05) is 36.4 Å². The molecule has 1 aliphatic rings. The quantitative estimate of drug-likeness (QED) is 0.791. The SMILES string of the molecule is OC1(c2ccc(Cl)cc2)c2ccccc2CC1n1cncn1. The molecule has 0 spiro atoms. The van der Waals surface area contributed by atoms with Crippen LogP contribution in [-0.2, 0) is 12.0 Å². The second kappa shape index (κ2) is 4.93. The van der Waals surface area contributed by atoms with Crippen molar-refractivity contribution in [1.29, 1.82) is 0 Å². The lowest BCUT2D eigenvalue weighted by atomic mass is 9.85. The van der Waals surface area contributed by atoms with E-state index >= 15 is 0 Å². The van der Waals surface area contributed by atoms with Crippen molar-refractivity contribution < 1.29 is 5.11 Å². The summed E-state index contributed by atoms with van der Waals surface area (Å²) in [6, 6.07) is 15.1. The molecule has 0 radical (unpaired) electrons. The monoisotopic (exact) mass is 311 g/mol. The Hall–Kier alpha value is -2.17. The summed E-state index contributed by atoms with van der Waals surface area (Å²) < 4.78 is 1.73. The highest BCUT2D eigenvalue weighted by molar-refractivity contribution is 6.30. The number of benzene rings is 2. The van der Waals surface area contributed by atoms with Gasteiger partial charge in [-0.2, -0.15) is 5.10 Å². The van der Waals surface area contributed by atoms with Crippen LogP contribution < -0.4 is 0 Å². The zero-order valence-electron chi connectivity index (χ0n) is 11.7. The molecule has 0 fully saturated rings. The Morgan fingerprint density at radius 1 is 1.14 bits per heavy atom. The van der Waals surface area contributed by atoms with E-state index in [-0.39, 0.29) is 6.04 Å². The Kier molecular flexibility index (Phi) is 3.03. The second-order valence-corrected chi connectivity index (χ2v) is 5.96. The van der Waals surface area contributed by atoms with E-state index < -0.39 is 5.60 Å². The molecule has 0 bridgehead atoms. The minimum absolute atomic E-state index is 0.228. The van der Waals surface area contributed by atoms with Crippen LogP contribution in [0.2, 0.25) is 5.02 Å². The summed E-state index contributed by atoms with van der Waals surface area (Å²) >= 11 is 5.99. The highest BCUT2D eigenvalue weighted by Gasteiger charge is 2.48. The molecule has 0 saturated carbocycles. The molecule has 2 atom stereocenters. The first-order valence-corrected chi connectivity index (χ1v) is 7.48. The van der Waals surface area contributed by atoms with Gasteiger partial charge in [0.25, 0.3) is 0 Å². The molecule has 1 N–H and O–H groups in total. The van der Waals surface area contributed by atoms with Gasteiger partial charge in [0, 0.05) is 5.02 Å². The fraction of sp³-hybridized carbons (Fsp3) is 0.176. The maximum atomic E-state index is 11.6. The lowest BCUT2D eigenvalue weighted by molar-refractivity contribution is 0.0305. The van der Waals surface area contributed by atoms with Gasteiger partial charge in [0.2, 0.25) is 0 Å². The van der Waals surface area contributed by atoms with Gasteiger partial charge in [-0.25, -0.2) is 9.67 Å². The van der Waals surface area contributed by atoms with Crippen molar-refractivity contribution in [3.8, 4) is 0 Å². The van der Waals surface area contributed by atoms with Crippen LogP contribution in [0.25, 0.3) is 0 Å². The topological polar surface area (TPSA) is 50.9 Å². The molecule has 22 heavy (non-hydrogen) atoms. The Morgan fingerprint density at radius 2 is 1.91 bits per heavy atom. The summed E-state index contributed by atoms with van der Waals surface area (Å²) in [7, 11) is 0. The number of hydrogen-bond donors (Lipinski definition) is 1. The number of halogens is 1. The van der Waals surface area contributed by atoms with Crippen molar-refractivity contribution in [3.05, 3.63) is 82.9 Å². The van der Waals surface area contributed by atoms with Crippen molar-refractivity contribution in [1.82, 2.24) is 14.8 Å². The molecule has 1 aliphatic carbocycles.